The highest BCUT2D eigenvalue weighted by Crippen LogP contribution is 2.69. The van der Waals surface area contributed by atoms with E-state index in [1.165, 1.54) is 12.5 Å². The van der Waals surface area contributed by atoms with Crippen LogP contribution >= 0.6 is 0 Å². The molecule has 0 heterocycles. The van der Waals surface area contributed by atoms with E-state index in [1.54, 1.807) is 0 Å². The first-order chi connectivity index (χ1) is 12.6. The molecule has 4 rings (SSSR count). The Morgan fingerprint density at radius 3 is 2.56 bits per heavy atom. The Kier molecular flexibility index (Phi) is 4.11. The zero-order valence-corrected chi connectivity index (χ0v) is 17.0. The Labute approximate surface area is 162 Å². The van der Waals surface area contributed by atoms with Crippen LogP contribution in [0.25, 0.3) is 0 Å². The van der Waals surface area contributed by atoms with E-state index in [4.69, 9.17) is 4.74 Å². The molecule has 27 heavy (non-hydrogen) atoms. The Bertz CT molecular complexity index is 764. The molecule has 0 spiro atoms. The summed E-state index contributed by atoms with van der Waals surface area (Å²) in [5.41, 5.74) is 0.759. The van der Waals surface area contributed by atoms with E-state index >= 15 is 0 Å². The number of allylic oxidation sites excluding steroid dienone is 1. The van der Waals surface area contributed by atoms with E-state index in [1.807, 2.05) is 6.08 Å². The highest BCUT2D eigenvalue weighted by atomic mass is 16.6. The summed E-state index contributed by atoms with van der Waals surface area (Å²) in [5.74, 6) is 1.17. The summed E-state index contributed by atoms with van der Waals surface area (Å²) in [6.07, 6.45) is 8.12. The van der Waals surface area contributed by atoms with Gasteiger partial charge < -0.3 is 4.74 Å². The van der Waals surface area contributed by atoms with Gasteiger partial charge in [0.1, 0.15) is 5.60 Å². The first-order valence-corrected chi connectivity index (χ1v) is 10.5. The van der Waals surface area contributed by atoms with Crippen molar-refractivity contribution in [3.8, 4) is 6.07 Å². The van der Waals surface area contributed by atoms with Crippen molar-refractivity contribution in [2.45, 2.75) is 78.2 Å². The summed E-state index contributed by atoms with van der Waals surface area (Å²) in [5, 5.41) is 10.0. The third-order valence-electron chi connectivity index (χ3n) is 9.08. The van der Waals surface area contributed by atoms with Gasteiger partial charge in [-0.2, -0.15) is 5.26 Å². The molecule has 3 fully saturated rings. The highest BCUT2D eigenvalue weighted by molar-refractivity contribution is 5.91. The van der Waals surface area contributed by atoms with Crippen molar-refractivity contribution in [2.75, 3.05) is 0 Å². The maximum absolute atomic E-state index is 12.0. The average Bonchev–Trinajstić information content (AvgIpc) is 2.85. The summed E-state index contributed by atoms with van der Waals surface area (Å²) in [6, 6.07) is 2.61. The number of hydrogen-bond donors (Lipinski definition) is 0. The third-order valence-corrected chi connectivity index (χ3v) is 9.08. The number of carbonyl (C=O) groups is 2. The molecule has 0 bridgehead atoms. The SMILES string of the molecule is CC(=O)OC1(C)CC[C@H]2[C@@H]3C(C#N)CC4=CC(=O)CC[C@]4(C)[C@@H]3CC[C@@]21C. The first-order valence-electron chi connectivity index (χ1n) is 10.5. The van der Waals surface area contributed by atoms with E-state index in [9.17, 15) is 14.9 Å². The molecule has 2 unspecified atom stereocenters. The monoisotopic (exact) mass is 369 g/mol. The molecular formula is C23H31NO3. The van der Waals surface area contributed by atoms with Gasteiger partial charge in [-0.1, -0.05) is 19.4 Å². The lowest BCUT2D eigenvalue weighted by atomic mass is 9.44. The molecule has 0 amide bonds. The van der Waals surface area contributed by atoms with E-state index in [0.717, 1.165) is 38.5 Å². The van der Waals surface area contributed by atoms with Crippen LogP contribution in [0.4, 0.5) is 0 Å². The standard InChI is InChI=1S/C23H31NO3/c1-14(25)27-23(4)10-7-19-20-15(13-24)11-16-12-17(26)5-8-21(16,2)18(20)6-9-22(19,23)3/h12,15,18-20H,5-11H2,1-4H3/t15?,18-,19+,20-,21+,22+,23?/m1/s1. The van der Waals surface area contributed by atoms with Gasteiger partial charge in [-0.25, -0.2) is 0 Å². The average molecular weight is 370 g/mol. The summed E-state index contributed by atoms with van der Waals surface area (Å²) in [4.78, 5) is 23.8. The number of ether oxygens (including phenoxy) is 1. The van der Waals surface area contributed by atoms with Gasteiger partial charge in [-0.05, 0) is 74.7 Å². The molecule has 4 aliphatic carbocycles. The second-order valence-electron chi connectivity index (χ2n) is 10.1. The lowest BCUT2D eigenvalue weighted by molar-refractivity contribution is -0.179. The number of ketones is 1. The minimum Gasteiger partial charge on any atom is -0.459 e. The molecule has 0 saturated heterocycles. The predicted octanol–water partition coefficient (Wildman–Crippen LogP) is 4.59. The molecule has 7 atom stereocenters. The van der Waals surface area contributed by atoms with Gasteiger partial charge in [-0.3, -0.25) is 9.59 Å². The lowest BCUT2D eigenvalue weighted by Crippen LogP contribution is -2.57. The van der Waals surface area contributed by atoms with Gasteiger partial charge in [0.05, 0.1) is 12.0 Å². The fourth-order valence-electron chi connectivity index (χ4n) is 7.41. The molecule has 0 aromatic heterocycles. The normalized spacial score (nSPS) is 48.6. The number of fused-ring (bicyclic) bond motifs is 5. The van der Waals surface area contributed by atoms with Crippen LogP contribution in [0.3, 0.4) is 0 Å². The van der Waals surface area contributed by atoms with Crippen LogP contribution in [-0.2, 0) is 14.3 Å². The third kappa shape index (κ3) is 2.46. The van der Waals surface area contributed by atoms with Gasteiger partial charge in [0, 0.05) is 18.8 Å². The fourth-order valence-corrected chi connectivity index (χ4v) is 7.41. The Morgan fingerprint density at radius 1 is 1.19 bits per heavy atom. The zero-order chi connectivity index (χ0) is 19.6. The van der Waals surface area contributed by atoms with Crippen LogP contribution in [0.1, 0.15) is 72.6 Å². The van der Waals surface area contributed by atoms with Crippen molar-refractivity contribution >= 4 is 11.8 Å². The number of esters is 1. The van der Waals surface area contributed by atoms with Crippen molar-refractivity contribution in [3.63, 3.8) is 0 Å². The van der Waals surface area contributed by atoms with Crippen LogP contribution in [0.15, 0.2) is 11.6 Å². The van der Waals surface area contributed by atoms with Crippen LogP contribution in [-0.4, -0.2) is 17.4 Å². The Hall–Kier alpha value is -1.63. The van der Waals surface area contributed by atoms with Crippen molar-refractivity contribution in [1.29, 1.82) is 5.26 Å². The summed E-state index contributed by atoms with van der Waals surface area (Å²) in [6.45, 7) is 8.23. The molecule has 146 valence electrons. The molecule has 0 aromatic rings. The van der Waals surface area contributed by atoms with Crippen molar-refractivity contribution < 1.29 is 14.3 Å². The van der Waals surface area contributed by atoms with Crippen molar-refractivity contribution in [2.24, 2.45) is 34.5 Å². The molecule has 3 saturated carbocycles. The molecule has 0 aromatic carbocycles. The van der Waals surface area contributed by atoms with E-state index in [-0.39, 0.29) is 28.5 Å². The quantitative estimate of drug-likeness (QED) is 0.634. The molecule has 0 aliphatic heterocycles. The molecule has 4 heteroatoms. The molecule has 4 aliphatic rings. The van der Waals surface area contributed by atoms with Gasteiger partial charge in [-0.15, -0.1) is 0 Å². The van der Waals surface area contributed by atoms with Gasteiger partial charge in [0.15, 0.2) is 5.78 Å². The van der Waals surface area contributed by atoms with Crippen LogP contribution in [0, 0.1) is 45.8 Å². The van der Waals surface area contributed by atoms with Gasteiger partial charge in [0.25, 0.3) is 0 Å². The van der Waals surface area contributed by atoms with Gasteiger partial charge >= 0.3 is 5.97 Å². The Balaban J connectivity index is 1.74. The summed E-state index contributed by atoms with van der Waals surface area (Å²) < 4.78 is 5.89. The molecule has 0 N–H and O–H groups in total. The second kappa shape index (κ2) is 5.93. The van der Waals surface area contributed by atoms with Crippen LogP contribution in [0.5, 0.6) is 0 Å². The fraction of sp³-hybridized carbons (Fsp3) is 0.783. The second-order valence-corrected chi connectivity index (χ2v) is 10.1. The highest BCUT2D eigenvalue weighted by Gasteiger charge is 2.65. The minimum atomic E-state index is -0.436. The maximum Gasteiger partial charge on any atom is 0.303 e. The molecule has 4 nitrogen and oxygen atoms in total. The zero-order valence-electron chi connectivity index (χ0n) is 17.0. The topological polar surface area (TPSA) is 67.2 Å². The molecule has 0 radical (unpaired) electrons. The van der Waals surface area contributed by atoms with Crippen LogP contribution < -0.4 is 0 Å². The van der Waals surface area contributed by atoms with Crippen molar-refractivity contribution in [1.82, 2.24) is 0 Å². The maximum atomic E-state index is 12.0. The smallest absolute Gasteiger partial charge is 0.303 e. The molecular weight excluding hydrogens is 338 g/mol. The van der Waals surface area contributed by atoms with E-state index < -0.39 is 5.60 Å². The summed E-state index contributed by atoms with van der Waals surface area (Å²) >= 11 is 0. The number of hydrogen-bond acceptors (Lipinski definition) is 4. The first kappa shape index (κ1) is 18.7. The lowest BCUT2D eigenvalue weighted by Gasteiger charge is -2.60. The number of nitriles is 1. The van der Waals surface area contributed by atoms with E-state index in [2.05, 4.69) is 26.8 Å². The number of nitrogens with zero attached hydrogens (tertiary/aromatic N) is 1. The summed E-state index contributed by atoms with van der Waals surface area (Å²) in [7, 11) is 0. The number of carbonyl (C=O) groups excluding carboxylic acids is 2. The Morgan fingerprint density at radius 2 is 1.89 bits per heavy atom. The van der Waals surface area contributed by atoms with Crippen LogP contribution in [0.2, 0.25) is 0 Å². The van der Waals surface area contributed by atoms with Gasteiger partial charge in [0.2, 0.25) is 0 Å². The predicted molar refractivity (Wildman–Crippen MR) is 101 cm³/mol. The number of rotatable bonds is 1. The minimum absolute atomic E-state index is 0.0375. The largest absolute Gasteiger partial charge is 0.459 e. The van der Waals surface area contributed by atoms with E-state index in [0.29, 0.717) is 24.2 Å². The van der Waals surface area contributed by atoms with Crippen molar-refractivity contribution in [3.05, 3.63) is 11.6 Å².